The number of carbonyl (C=O) groups is 2. The fourth-order valence-corrected chi connectivity index (χ4v) is 3.57. The Morgan fingerprint density at radius 3 is 2.12 bits per heavy atom. The molecular formula is C20H18BrNO3. The number of fused-ring (bicyclic) bond motifs is 3. The highest BCUT2D eigenvalue weighted by atomic mass is 79.9. The van der Waals surface area contributed by atoms with E-state index in [0.717, 1.165) is 22.3 Å². The maximum Gasteiger partial charge on any atom is 0.328 e. The normalized spacial score (nSPS) is 13.5. The number of hydrogen-bond donors (Lipinski definition) is 1. The molecule has 1 atom stereocenters. The summed E-state index contributed by atoms with van der Waals surface area (Å²) in [6.07, 6.45) is 0.272. The van der Waals surface area contributed by atoms with Crippen LogP contribution in [0.5, 0.6) is 0 Å². The molecule has 0 spiro atoms. The zero-order valence-corrected chi connectivity index (χ0v) is 15.4. The molecule has 0 saturated heterocycles. The van der Waals surface area contributed by atoms with Crippen LogP contribution in [-0.4, -0.2) is 25.0 Å². The van der Waals surface area contributed by atoms with Crippen LogP contribution in [0.25, 0.3) is 11.1 Å². The maximum atomic E-state index is 13.0. The molecule has 1 aliphatic rings. The molecule has 0 fully saturated rings. The summed E-state index contributed by atoms with van der Waals surface area (Å²) >= 11 is 3.24. The lowest BCUT2D eigenvalue weighted by Gasteiger charge is -2.20. The molecule has 0 radical (unpaired) electrons. The van der Waals surface area contributed by atoms with Crippen molar-refractivity contribution in [2.75, 3.05) is 7.11 Å². The van der Waals surface area contributed by atoms with Crippen LogP contribution in [0.15, 0.2) is 59.6 Å². The minimum atomic E-state index is -0.774. The smallest absolute Gasteiger partial charge is 0.328 e. The first-order valence-corrected chi connectivity index (χ1v) is 8.72. The quantitative estimate of drug-likeness (QED) is 0.778. The van der Waals surface area contributed by atoms with Gasteiger partial charge in [0.25, 0.3) is 0 Å². The lowest BCUT2D eigenvalue weighted by molar-refractivity contribution is -0.145. The molecule has 0 saturated carbocycles. The zero-order valence-electron chi connectivity index (χ0n) is 13.8. The van der Waals surface area contributed by atoms with E-state index in [-0.39, 0.29) is 12.3 Å². The second kappa shape index (κ2) is 7.23. The van der Waals surface area contributed by atoms with Crippen LogP contribution in [-0.2, 0) is 14.3 Å². The van der Waals surface area contributed by atoms with Gasteiger partial charge in [-0.2, -0.15) is 0 Å². The minimum absolute atomic E-state index is 0.221. The predicted octanol–water partition coefficient (Wildman–Crippen LogP) is 3.76. The lowest BCUT2D eigenvalue weighted by atomic mass is 9.95. The molecule has 25 heavy (non-hydrogen) atoms. The van der Waals surface area contributed by atoms with Gasteiger partial charge in [0.1, 0.15) is 6.04 Å². The Balaban J connectivity index is 1.94. The van der Waals surface area contributed by atoms with Crippen molar-refractivity contribution in [2.24, 2.45) is 0 Å². The van der Waals surface area contributed by atoms with Gasteiger partial charge in [0.15, 0.2) is 0 Å². The number of nitrogens with one attached hydrogen (secondary N) is 1. The number of carbonyl (C=O) groups excluding carboxylic acids is 2. The number of hydrogen-bond acceptors (Lipinski definition) is 3. The summed E-state index contributed by atoms with van der Waals surface area (Å²) in [5.41, 5.74) is 4.00. The van der Waals surface area contributed by atoms with E-state index in [2.05, 4.69) is 27.8 Å². The summed E-state index contributed by atoms with van der Waals surface area (Å²) in [6.45, 7) is 3.75. The summed E-state index contributed by atoms with van der Waals surface area (Å²) in [6, 6.07) is 14.9. The molecule has 4 nitrogen and oxygen atoms in total. The Bertz CT molecular complexity index is 801. The Labute approximate surface area is 155 Å². The molecule has 1 amide bonds. The Hall–Kier alpha value is -2.40. The molecule has 2 aromatic rings. The summed E-state index contributed by atoms with van der Waals surface area (Å²) < 4.78 is 5.42. The molecule has 2 aromatic carbocycles. The number of rotatable bonds is 5. The van der Waals surface area contributed by atoms with Crippen molar-refractivity contribution in [1.29, 1.82) is 0 Å². The summed E-state index contributed by atoms with van der Waals surface area (Å²) in [4.78, 5) is 25.0. The van der Waals surface area contributed by atoms with E-state index in [1.807, 2.05) is 48.5 Å². The monoisotopic (exact) mass is 399 g/mol. The van der Waals surface area contributed by atoms with E-state index in [0.29, 0.717) is 4.48 Å². The molecule has 3 rings (SSSR count). The van der Waals surface area contributed by atoms with Crippen molar-refractivity contribution in [3.63, 3.8) is 0 Å². The molecule has 5 heteroatoms. The van der Waals surface area contributed by atoms with Crippen molar-refractivity contribution in [3.8, 4) is 11.1 Å². The fourth-order valence-electron chi connectivity index (χ4n) is 3.25. The van der Waals surface area contributed by atoms with Crippen LogP contribution in [0.3, 0.4) is 0 Å². The van der Waals surface area contributed by atoms with Crippen LogP contribution in [0.2, 0.25) is 0 Å². The molecule has 128 valence electrons. The lowest BCUT2D eigenvalue weighted by Crippen LogP contribution is -2.43. The first-order valence-electron chi connectivity index (χ1n) is 7.92. The van der Waals surface area contributed by atoms with Gasteiger partial charge in [-0.05, 0) is 26.7 Å². The topological polar surface area (TPSA) is 55.4 Å². The van der Waals surface area contributed by atoms with Crippen molar-refractivity contribution < 1.29 is 14.3 Å². The van der Waals surface area contributed by atoms with Crippen molar-refractivity contribution in [1.82, 2.24) is 5.32 Å². The van der Waals surface area contributed by atoms with E-state index in [9.17, 15) is 9.59 Å². The number of esters is 1. The molecule has 0 unspecified atom stereocenters. The fraction of sp³-hybridized carbons (Fsp3) is 0.200. The molecule has 1 N–H and O–H groups in total. The Kier molecular flexibility index (Phi) is 5.04. The van der Waals surface area contributed by atoms with E-state index in [1.165, 1.54) is 7.11 Å². The number of halogens is 1. The largest absolute Gasteiger partial charge is 0.467 e. The van der Waals surface area contributed by atoms with Crippen molar-refractivity contribution in [3.05, 3.63) is 70.7 Å². The second-order valence-electron chi connectivity index (χ2n) is 5.91. The van der Waals surface area contributed by atoms with E-state index in [1.54, 1.807) is 0 Å². The van der Waals surface area contributed by atoms with Gasteiger partial charge in [-0.15, -0.1) is 0 Å². The van der Waals surface area contributed by atoms with Gasteiger partial charge in [0.05, 0.1) is 13.0 Å². The highest BCUT2D eigenvalue weighted by Crippen LogP contribution is 2.44. The average molecular weight is 400 g/mol. The summed E-state index contributed by atoms with van der Waals surface area (Å²) in [5, 5.41) is 2.82. The van der Waals surface area contributed by atoms with Gasteiger partial charge < -0.3 is 10.1 Å². The Morgan fingerprint density at radius 1 is 1.12 bits per heavy atom. The van der Waals surface area contributed by atoms with Gasteiger partial charge in [0, 0.05) is 6.42 Å². The second-order valence-corrected chi connectivity index (χ2v) is 7.03. The third-order valence-electron chi connectivity index (χ3n) is 4.32. The summed E-state index contributed by atoms with van der Waals surface area (Å²) in [7, 11) is 1.30. The van der Waals surface area contributed by atoms with E-state index < -0.39 is 17.9 Å². The first kappa shape index (κ1) is 17.4. The average Bonchev–Trinajstić information content (AvgIpc) is 2.94. The third kappa shape index (κ3) is 3.37. The van der Waals surface area contributed by atoms with Gasteiger partial charge in [-0.1, -0.05) is 71.0 Å². The van der Waals surface area contributed by atoms with Gasteiger partial charge >= 0.3 is 5.97 Å². The van der Waals surface area contributed by atoms with Crippen molar-refractivity contribution >= 4 is 27.8 Å². The van der Waals surface area contributed by atoms with Crippen LogP contribution < -0.4 is 5.32 Å². The summed E-state index contributed by atoms with van der Waals surface area (Å²) in [5.74, 6) is -1.15. The van der Waals surface area contributed by atoms with Gasteiger partial charge in [-0.3, -0.25) is 4.79 Å². The maximum absolute atomic E-state index is 13.0. The first-order chi connectivity index (χ1) is 12.0. The van der Waals surface area contributed by atoms with Crippen LogP contribution >= 0.6 is 15.9 Å². The van der Waals surface area contributed by atoms with E-state index >= 15 is 0 Å². The van der Waals surface area contributed by atoms with Gasteiger partial charge in [-0.25, -0.2) is 4.79 Å². The molecule has 0 aromatic heterocycles. The zero-order chi connectivity index (χ0) is 18.0. The SMILES string of the molecule is C=C(Br)C[C@H](NC(=O)C1c2ccccc2-c2ccccc21)C(=O)OC. The number of methoxy groups -OCH3 is 1. The van der Waals surface area contributed by atoms with Crippen LogP contribution in [0.1, 0.15) is 23.5 Å². The molecule has 0 aliphatic heterocycles. The molecule has 1 aliphatic carbocycles. The van der Waals surface area contributed by atoms with Gasteiger partial charge in [0.2, 0.25) is 5.91 Å². The molecular weight excluding hydrogens is 382 g/mol. The molecule has 0 bridgehead atoms. The number of benzene rings is 2. The number of ether oxygens (including phenoxy) is 1. The van der Waals surface area contributed by atoms with Crippen LogP contribution in [0.4, 0.5) is 0 Å². The predicted molar refractivity (Wildman–Crippen MR) is 100 cm³/mol. The number of amides is 1. The highest BCUT2D eigenvalue weighted by Gasteiger charge is 2.35. The van der Waals surface area contributed by atoms with Crippen LogP contribution in [0, 0.1) is 0 Å². The highest BCUT2D eigenvalue weighted by molar-refractivity contribution is 9.11. The minimum Gasteiger partial charge on any atom is -0.467 e. The molecule has 0 heterocycles. The Morgan fingerprint density at radius 2 is 1.64 bits per heavy atom. The van der Waals surface area contributed by atoms with Crippen molar-refractivity contribution in [2.45, 2.75) is 18.4 Å². The standard InChI is InChI=1S/C20H18BrNO3/c1-12(21)11-17(20(24)25-2)22-19(23)18-15-9-5-3-7-13(15)14-8-4-6-10-16(14)18/h3-10,17-18H,1,11H2,2H3,(H,22,23)/t17-/m0/s1. The third-order valence-corrected chi connectivity index (χ3v) is 4.65. The van der Waals surface area contributed by atoms with E-state index in [4.69, 9.17) is 4.74 Å².